The van der Waals surface area contributed by atoms with Gasteiger partial charge in [0.25, 0.3) is 5.56 Å². The number of aryl methyl sites for hydroxylation is 2. The van der Waals surface area contributed by atoms with E-state index < -0.39 is 5.97 Å². The van der Waals surface area contributed by atoms with Crippen LogP contribution in [0.25, 0.3) is 5.13 Å². The fourth-order valence-corrected chi connectivity index (χ4v) is 2.45. The quantitative estimate of drug-likeness (QED) is 0.872. The number of nitrogens with one attached hydrogen (secondary N) is 1. The van der Waals surface area contributed by atoms with E-state index in [1.807, 2.05) is 12.3 Å². The molecule has 0 saturated heterocycles. The maximum Gasteiger partial charge on any atom is 0.303 e. The summed E-state index contributed by atoms with van der Waals surface area (Å²) < 4.78 is 1.37. The molecular formula is C11H13N3O3S. The van der Waals surface area contributed by atoms with Gasteiger partial charge in [0.05, 0.1) is 5.69 Å². The zero-order valence-corrected chi connectivity index (χ0v) is 10.9. The van der Waals surface area contributed by atoms with Gasteiger partial charge >= 0.3 is 5.97 Å². The molecule has 6 nitrogen and oxygen atoms in total. The summed E-state index contributed by atoms with van der Waals surface area (Å²) in [6.45, 7) is 3.61. The Hall–Kier alpha value is -1.89. The molecule has 0 amide bonds. The maximum atomic E-state index is 12.1. The molecule has 0 aromatic carbocycles. The highest BCUT2D eigenvalue weighted by molar-refractivity contribution is 7.12. The lowest BCUT2D eigenvalue weighted by atomic mass is 10.1. The number of aliphatic carboxylic acids is 1. The standard InChI is InChI=1S/C11H13N3O3S/c1-6-5-18-11(12-6)14-10(17)8(7(2)13-14)3-4-9(15)16/h5,13H,3-4H2,1-2H3,(H,15,16). The van der Waals surface area contributed by atoms with Crippen LogP contribution in [-0.4, -0.2) is 25.8 Å². The summed E-state index contributed by atoms with van der Waals surface area (Å²) in [5.41, 5.74) is 1.82. The monoisotopic (exact) mass is 267 g/mol. The zero-order valence-electron chi connectivity index (χ0n) is 10.1. The zero-order chi connectivity index (χ0) is 13.3. The third-order valence-electron chi connectivity index (χ3n) is 2.58. The van der Waals surface area contributed by atoms with Crippen molar-refractivity contribution in [2.45, 2.75) is 26.7 Å². The van der Waals surface area contributed by atoms with Gasteiger partial charge in [-0.3, -0.25) is 14.7 Å². The van der Waals surface area contributed by atoms with Gasteiger partial charge in [0.15, 0.2) is 0 Å². The molecule has 18 heavy (non-hydrogen) atoms. The van der Waals surface area contributed by atoms with E-state index in [0.717, 1.165) is 5.69 Å². The van der Waals surface area contributed by atoms with Crippen LogP contribution in [0.3, 0.4) is 0 Å². The van der Waals surface area contributed by atoms with Crippen LogP contribution in [0.2, 0.25) is 0 Å². The Morgan fingerprint density at radius 2 is 2.28 bits per heavy atom. The van der Waals surface area contributed by atoms with Crippen LogP contribution in [0.4, 0.5) is 0 Å². The van der Waals surface area contributed by atoms with Crippen LogP contribution in [-0.2, 0) is 11.2 Å². The molecule has 0 atom stereocenters. The Balaban J connectivity index is 2.37. The molecule has 0 aliphatic carbocycles. The van der Waals surface area contributed by atoms with Crippen molar-refractivity contribution in [3.05, 3.63) is 32.7 Å². The van der Waals surface area contributed by atoms with Crippen molar-refractivity contribution in [2.24, 2.45) is 0 Å². The molecule has 0 radical (unpaired) electrons. The average Bonchev–Trinajstić information content (AvgIpc) is 2.82. The second-order valence-electron chi connectivity index (χ2n) is 4.02. The molecule has 0 unspecified atom stereocenters. The van der Waals surface area contributed by atoms with Gasteiger partial charge < -0.3 is 5.11 Å². The number of carboxylic acids is 1. The predicted octanol–water partition coefficient (Wildman–Crippen LogP) is 1.26. The van der Waals surface area contributed by atoms with Crippen molar-refractivity contribution in [3.8, 4) is 5.13 Å². The van der Waals surface area contributed by atoms with Gasteiger partial charge in [-0.2, -0.15) is 4.68 Å². The van der Waals surface area contributed by atoms with Gasteiger partial charge in [-0.15, -0.1) is 11.3 Å². The number of aromatic nitrogens is 3. The van der Waals surface area contributed by atoms with E-state index in [0.29, 0.717) is 16.4 Å². The third kappa shape index (κ3) is 2.35. The topological polar surface area (TPSA) is 88.0 Å². The average molecular weight is 267 g/mol. The van der Waals surface area contributed by atoms with Crippen molar-refractivity contribution in [3.63, 3.8) is 0 Å². The summed E-state index contributed by atoms with van der Waals surface area (Å²) in [5.74, 6) is -0.911. The van der Waals surface area contributed by atoms with E-state index in [1.165, 1.54) is 16.0 Å². The number of rotatable bonds is 4. The van der Waals surface area contributed by atoms with Crippen molar-refractivity contribution in [2.75, 3.05) is 0 Å². The smallest absolute Gasteiger partial charge is 0.303 e. The van der Waals surface area contributed by atoms with Gasteiger partial charge in [-0.1, -0.05) is 0 Å². The highest BCUT2D eigenvalue weighted by Gasteiger charge is 2.15. The Morgan fingerprint density at radius 1 is 1.56 bits per heavy atom. The lowest BCUT2D eigenvalue weighted by Gasteiger charge is -1.93. The molecule has 0 fully saturated rings. The Kier molecular flexibility index (Phi) is 3.33. The number of thiazole rings is 1. The number of aromatic amines is 1. The number of carboxylic acid groups (broad SMARTS) is 1. The molecule has 2 rings (SSSR count). The fraction of sp³-hybridized carbons (Fsp3) is 0.364. The highest BCUT2D eigenvalue weighted by atomic mass is 32.1. The number of hydrogen-bond acceptors (Lipinski definition) is 4. The van der Waals surface area contributed by atoms with Crippen molar-refractivity contribution < 1.29 is 9.90 Å². The lowest BCUT2D eigenvalue weighted by molar-refractivity contribution is -0.136. The van der Waals surface area contributed by atoms with Crippen LogP contribution < -0.4 is 5.56 Å². The first-order chi connectivity index (χ1) is 8.49. The normalized spacial score (nSPS) is 10.8. The van der Waals surface area contributed by atoms with Crippen LogP contribution in [0.5, 0.6) is 0 Å². The molecule has 0 bridgehead atoms. The molecule has 96 valence electrons. The lowest BCUT2D eigenvalue weighted by Crippen LogP contribution is -2.17. The molecule has 0 saturated carbocycles. The largest absolute Gasteiger partial charge is 0.481 e. The molecule has 0 aliphatic heterocycles. The van der Waals surface area contributed by atoms with E-state index in [9.17, 15) is 9.59 Å². The van der Waals surface area contributed by atoms with Crippen LogP contribution >= 0.6 is 11.3 Å². The first-order valence-electron chi connectivity index (χ1n) is 5.44. The van der Waals surface area contributed by atoms with Gasteiger partial charge in [-0.25, -0.2) is 4.98 Å². The molecule has 2 aromatic rings. The number of carbonyl (C=O) groups is 1. The minimum Gasteiger partial charge on any atom is -0.481 e. The van der Waals surface area contributed by atoms with Gasteiger partial charge in [0.2, 0.25) is 5.13 Å². The Labute approximate surface area is 107 Å². The highest BCUT2D eigenvalue weighted by Crippen LogP contribution is 2.13. The van der Waals surface area contributed by atoms with Crippen molar-refractivity contribution in [1.29, 1.82) is 0 Å². The molecule has 7 heteroatoms. The van der Waals surface area contributed by atoms with E-state index >= 15 is 0 Å². The third-order valence-corrected chi connectivity index (χ3v) is 3.52. The summed E-state index contributed by atoms with van der Waals surface area (Å²) in [6, 6.07) is 0. The summed E-state index contributed by atoms with van der Waals surface area (Å²) in [4.78, 5) is 26.9. The summed E-state index contributed by atoms with van der Waals surface area (Å²) >= 11 is 1.37. The Bertz CT molecular complexity index is 638. The molecule has 0 aliphatic rings. The van der Waals surface area contributed by atoms with Crippen LogP contribution in [0, 0.1) is 13.8 Å². The SMILES string of the molecule is Cc1csc(-n2[nH]c(C)c(CCC(=O)O)c2=O)n1. The van der Waals surface area contributed by atoms with Gasteiger partial charge in [-0.05, 0) is 20.3 Å². The summed E-state index contributed by atoms with van der Waals surface area (Å²) in [6.07, 6.45) is 0.179. The van der Waals surface area contributed by atoms with E-state index in [2.05, 4.69) is 10.1 Å². The maximum absolute atomic E-state index is 12.1. The molecule has 2 heterocycles. The minimum absolute atomic E-state index is 0.0508. The van der Waals surface area contributed by atoms with E-state index in [1.54, 1.807) is 6.92 Å². The van der Waals surface area contributed by atoms with Crippen molar-refractivity contribution in [1.82, 2.24) is 14.8 Å². The molecule has 0 spiro atoms. The second-order valence-corrected chi connectivity index (χ2v) is 4.86. The van der Waals surface area contributed by atoms with Gasteiger partial charge in [0.1, 0.15) is 0 Å². The van der Waals surface area contributed by atoms with Crippen LogP contribution in [0.15, 0.2) is 10.2 Å². The van der Waals surface area contributed by atoms with Crippen molar-refractivity contribution >= 4 is 17.3 Å². The number of nitrogens with zero attached hydrogens (tertiary/aromatic N) is 2. The van der Waals surface area contributed by atoms with Gasteiger partial charge in [0, 0.05) is 23.1 Å². The van der Waals surface area contributed by atoms with E-state index in [-0.39, 0.29) is 18.4 Å². The molecule has 2 aromatic heterocycles. The van der Waals surface area contributed by atoms with Crippen LogP contribution in [0.1, 0.15) is 23.4 Å². The molecular weight excluding hydrogens is 254 g/mol. The fourth-order valence-electron chi connectivity index (χ4n) is 1.69. The van der Waals surface area contributed by atoms with E-state index in [4.69, 9.17) is 5.11 Å². The Morgan fingerprint density at radius 3 is 2.83 bits per heavy atom. The number of H-pyrrole nitrogens is 1. The summed E-state index contributed by atoms with van der Waals surface area (Å²) in [7, 11) is 0. The minimum atomic E-state index is -0.911. The second kappa shape index (κ2) is 4.77. The summed E-state index contributed by atoms with van der Waals surface area (Å²) in [5, 5.41) is 14.0. The first kappa shape index (κ1) is 12.6. The number of hydrogen-bond donors (Lipinski definition) is 2. The first-order valence-corrected chi connectivity index (χ1v) is 6.32. The predicted molar refractivity (Wildman–Crippen MR) is 67.5 cm³/mol. The molecule has 2 N–H and O–H groups in total.